The van der Waals surface area contributed by atoms with Gasteiger partial charge in [-0.25, -0.2) is 14.5 Å². The van der Waals surface area contributed by atoms with Crippen LogP contribution in [0.5, 0.6) is 0 Å². The van der Waals surface area contributed by atoms with Crippen LogP contribution >= 0.6 is 11.3 Å². The van der Waals surface area contributed by atoms with Gasteiger partial charge in [-0.2, -0.15) is 10.1 Å². The molecule has 0 radical (unpaired) electrons. The number of aryl methyl sites for hydroxylation is 2. The van der Waals surface area contributed by atoms with Crippen LogP contribution in [0.25, 0.3) is 16.3 Å². The van der Waals surface area contributed by atoms with Crippen LogP contribution in [-0.4, -0.2) is 30.5 Å². The Bertz CT molecular complexity index is 1120. The molecular weight excluding hydrogens is 374 g/mol. The maximum Gasteiger partial charge on any atom is 0.306 e. The lowest BCUT2D eigenvalue weighted by Gasteiger charge is -2.10. The van der Waals surface area contributed by atoms with Gasteiger partial charge in [-0.1, -0.05) is 30.3 Å². The fourth-order valence-corrected chi connectivity index (χ4v) is 3.87. The number of carbonyl (C=O) groups is 1. The summed E-state index contributed by atoms with van der Waals surface area (Å²) in [4.78, 5) is 25.3. The van der Waals surface area contributed by atoms with E-state index >= 15 is 0 Å². The molecule has 0 atom stereocenters. The van der Waals surface area contributed by atoms with E-state index in [2.05, 4.69) is 20.1 Å². The quantitative estimate of drug-likeness (QED) is 0.466. The molecule has 0 aliphatic heterocycles. The van der Waals surface area contributed by atoms with Crippen LogP contribution in [0.4, 0.5) is 0 Å². The Morgan fingerprint density at radius 2 is 2.00 bits per heavy atom. The lowest BCUT2D eigenvalue weighted by atomic mass is 10.1. The van der Waals surface area contributed by atoms with E-state index in [-0.39, 0.29) is 19.0 Å². The van der Waals surface area contributed by atoms with Gasteiger partial charge >= 0.3 is 5.97 Å². The molecule has 0 saturated heterocycles. The van der Waals surface area contributed by atoms with Gasteiger partial charge in [0, 0.05) is 28.8 Å². The van der Waals surface area contributed by atoms with Crippen LogP contribution in [-0.2, 0) is 22.6 Å². The van der Waals surface area contributed by atoms with E-state index in [4.69, 9.17) is 4.74 Å². The summed E-state index contributed by atoms with van der Waals surface area (Å²) in [7, 11) is 0. The maximum absolute atomic E-state index is 12.2. The monoisotopic (exact) mass is 393 g/mol. The molecule has 7 nitrogen and oxygen atoms in total. The molecule has 0 saturated carbocycles. The first-order valence-corrected chi connectivity index (χ1v) is 9.81. The summed E-state index contributed by atoms with van der Waals surface area (Å²) in [5.74, 6) is 0.311. The second-order valence-electron chi connectivity index (χ2n) is 6.40. The number of hydrogen-bond acceptors (Lipinski definition) is 7. The van der Waals surface area contributed by atoms with E-state index in [0.717, 1.165) is 33.2 Å². The van der Waals surface area contributed by atoms with E-state index < -0.39 is 0 Å². The predicted molar refractivity (Wildman–Crippen MR) is 106 cm³/mol. The zero-order valence-corrected chi connectivity index (χ0v) is 16.4. The van der Waals surface area contributed by atoms with Gasteiger partial charge in [-0.15, -0.1) is 11.3 Å². The van der Waals surface area contributed by atoms with Crippen molar-refractivity contribution < 1.29 is 9.53 Å². The topological polar surface area (TPSA) is 82.3 Å². The molecule has 0 N–H and O–H groups in total. The second kappa shape index (κ2) is 7.85. The first-order valence-electron chi connectivity index (χ1n) is 8.93. The molecule has 0 spiro atoms. The van der Waals surface area contributed by atoms with Gasteiger partial charge in [0.2, 0.25) is 0 Å². The van der Waals surface area contributed by atoms with Gasteiger partial charge in [0.15, 0.2) is 0 Å². The molecule has 4 aromatic rings. The number of nitrogens with zero attached hydrogens (tertiary/aromatic N) is 5. The summed E-state index contributed by atoms with van der Waals surface area (Å²) >= 11 is 1.54. The molecule has 0 unspecified atom stereocenters. The Morgan fingerprint density at radius 1 is 1.18 bits per heavy atom. The molecular formula is C20H19N5O2S. The van der Waals surface area contributed by atoms with Gasteiger partial charge in [-0.05, 0) is 25.8 Å². The van der Waals surface area contributed by atoms with Crippen LogP contribution in [0, 0.1) is 13.8 Å². The van der Waals surface area contributed by atoms with E-state index in [1.165, 1.54) is 6.33 Å². The van der Waals surface area contributed by atoms with Crippen molar-refractivity contribution >= 4 is 23.1 Å². The van der Waals surface area contributed by atoms with Crippen LogP contribution in [0.15, 0.2) is 42.0 Å². The first-order chi connectivity index (χ1) is 13.6. The van der Waals surface area contributed by atoms with Crippen LogP contribution in [0.2, 0.25) is 0 Å². The number of esters is 1. The summed E-state index contributed by atoms with van der Waals surface area (Å²) < 4.78 is 7.09. The lowest BCUT2D eigenvalue weighted by Crippen LogP contribution is -2.10. The third kappa shape index (κ3) is 3.77. The third-order valence-corrected chi connectivity index (χ3v) is 5.46. The number of benzene rings is 1. The number of ether oxygens (including phenoxy) is 1. The average molecular weight is 393 g/mol. The van der Waals surface area contributed by atoms with Crippen LogP contribution in [0.1, 0.15) is 29.1 Å². The number of hydrogen-bond donors (Lipinski definition) is 0. The van der Waals surface area contributed by atoms with Crippen molar-refractivity contribution in [1.29, 1.82) is 0 Å². The number of rotatable bonds is 6. The molecule has 0 amide bonds. The van der Waals surface area contributed by atoms with Crippen molar-refractivity contribution in [1.82, 2.24) is 24.6 Å². The molecule has 8 heteroatoms. The summed E-state index contributed by atoms with van der Waals surface area (Å²) in [6, 6.07) is 9.95. The van der Waals surface area contributed by atoms with Gasteiger partial charge in [0.25, 0.3) is 5.78 Å². The minimum Gasteiger partial charge on any atom is -0.459 e. The fraction of sp³-hybridized carbons (Fsp3) is 0.250. The maximum atomic E-state index is 12.2. The van der Waals surface area contributed by atoms with Gasteiger partial charge in [-0.3, -0.25) is 4.79 Å². The van der Waals surface area contributed by atoms with E-state index in [1.807, 2.05) is 49.6 Å². The van der Waals surface area contributed by atoms with Crippen molar-refractivity contribution in [3.8, 4) is 10.6 Å². The Kier molecular flexibility index (Phi) is 5.12. The van der Waals surface area contributed by atoms with E-state index in [0.29, 0.717) is 12.2 Å². The lowest BCUT2D eigenvalue weighted by molar-refractivity contribution is -0.145. The highest BCUT2D eigenvalue weighted by Crippen LogP contribution is 2.23. The predicted octanol–water partition coefficient (Wildman–Crippen LogP) is 3.54. The van der Waals surface area contributed by atoms with Gasteiger partial charge in [0.05, 0.1) is 5.69 Å². The summed E-state index contributed by atoms with van der Waals surface area (Å²) in [5.41, 5.74) is 4.62. The van der Waals surface area contributed by atoms with Crippen LogP contribution < -0.4 is 0 Å². The van der Waals surface area contributed by atoms with Gasteiger partial charge < -0.3 is 4.74 Å². The largest absolute Gasteiger partial charge is 0.459 e. The highest BCUT2D eigenvalue weighted by Gasteiger charge is 2.14. The number of fused-ring (bicyclic) bond motifs is 1. The standard InChI is InChI=1S/C20H19N5O2S/c1-13-17(14(2)25-20(23-13)21-12-22-25)8-9-18(26)27-10-16-11-28-19(24-16)15-6-4-3-5-7-15/h3-7,11-12H,8-10H2,1-2H3. The van der Waals surface area contributed by atoms with Crippen molar-refractivity contribution in [2.45, 2.75) is 33.3 Å². The molecule has 3 aromatic heterocycles. The number of carbonyl (C=O) groups excluding carboxylic acids is 1. The molecule has 4 rings (SSSR count). The summed E-state index contributed by atoms with van der Waals surface area (Å²) in [6.07, 6.45) is 2.30. The third-order valence-electron chi connectivity index (χ3n) is 4.52. The zero-order valence-electron chi connectivity index (χ0n) is 15.6. The zero-order chi connectivity index (χ0) is 19.5. The van der Waals surface area contributed by atoms with Crippen molar-refractivity contribution in [2.75, 3.05) is 0 Å². The second-order valence-corrected chi connectivity index (χ2v) is 7.26. The molecule has 0 bridgehead atoms. The molecule has 0 fully saturated rings. The molecule has 3 heterocycles. The molecule has 142 valence electrons. The molecule has 0 aliphatic rings. The highest BCUT2D eigenvalue weighted by molar-refractivity contribution is 7.13. The SMILES string of the molecule is Cc1nc2ncnn2c(C)c1CCC(=O)OCc1csc(-c2ccccc2)n1. The normalized spacial score (nSPS) is 11.1. The minimum atomic E-state index is -0.258. The van der Waals surface area contributed by atoms with Crippen molar-refractivity contribution in [3.63, 3.8) is 0 Å². The summed E-state index contributed by atoms with van der Waals surface area (Å²) in [6.45, 7) is 4.06. The Labute approximate surface area is 166 Å². The highest BCUT2D eigenvalue weighted by atomic mass is 32.1. The minimum absolute atomic E-state index is 0.181. The van der Waals surface area contributed by atoms with Crippen molar-refractivity contribution in [2.24, 2.45) is 0 Å². The number of aromatic nitrogens is 5. The smallest absolute Gasteiger partial charge is 0.306 e. The van der Waals surface area contributed by atoms with Crippen molar-refractivity contribution in [3.05, 3.63) is 64.7 Å². The van der Waals surface area contributed by atoms with E-state index in [9.17, 15) is 4.79 Å². The number of thiazole rings is 1. The molecule has 28 heavy (non-hydrogen) atoms. The molecule has 1 aromatic carbocycles. The Morgan fingerprint density at radius 3 is 2.82 bits per heavy atom. The fourth-order valence-electron chi connectivity index (χ4n) is 3.06. The Hall–Kier alpha value is -3.13. The van der Waals surface area contributed by atoms with E-state index in [1.54, 1.807) is 15.9 Å². The Balaban J connectivity index is 1.35. The van der Waals surface area contributed by atoms with Crippen LogP contribution in [0.3, 0.4) is 0 Å². The first kappa shape index (κ1) is 18.2. The summed E-state index contributed by atoms with van der Waals surface area (Å²) in [5, 5.41) is 7.01. The van der Waals surface area contributed by atoms with Gasteiger partial charge in [0.1, 0.15) is 17.9 Å². The molecule has 0 aliphatic carbocycles. The average Bonchev–Trinajstić information content (AvgIpc) is 3.36.